The lowest BCUT2D eigenvalue weighted by molar-refractivity contribution is -0.135. The Balaban J connectivity index is 1.41. The van der Waals surface area contributed by atoms with Gasteiger partial charge < -0.3 is 20.1 Å². The number of carbonyl (C=O) groups excluding carboxylic acids is 3. The number of imidazole rings is 1. The number of benzene rings is 3. The van der Waals surface area contributed by atoms with Crippen molar-refractivity contribution >= 4 is 17.7 Å². The highest BCUT2D eigenvalue weighted by Crippen LogP contribution is 2.10. The molecule has 1 atom stereocenters. The summed E-state index contributed by atoms with van der Waals surface area (Å²) in [6, 6.07) is 27.2. The molecular formula is C32H32N6O3. The molecule has 1 aromatic heterocycles. The first-order valence-electron chi connectivity index (χ1n) is 13.3. The zero-order valence-corrected chi connectivity index (χ0v) is 22.9. The van der Waals surface area contributed by atoms with E-state index in [1.165, 1.54) is 0 Å². The summed E-state index contributed by atoms with van der Waals surface area (Å²) in [6.45, 7) is 0.799. The highest BCUT2D eigenvalue weighted by atomic mass is 16.2. The molecule has 0 radical (unpaired) electrons. The van der Waals surface area contributed by atoms with Gasteiger partial charge in [-0.15, -0.1) is 0 Å². The Hall–Kier alpha value is -5.23. The lowest BCUT2D eigenvalue weighted by atomic mass is 10.1. The van der Waals surface area contributed by atoms with Crippen LogP contribution in [0, 0.1) is 11.3 Å². The molecule has 1 heterocycles. The summed E-state index contributed by atoms with van der Waals surface area (Å²) < 4.78 is 1.85. The van der Waals surface area contributed by atoms with Crippen LogP contribution in [0.3, 0.4) is 0 Å². The van der Waals surface area contributed by atoms with Gasteiger partial charge >= 0.3 is 0 Å². The van der Waals surface area contributed by atoms with E-state index in [2.05, 4.69) is 21.7 Å². The molecule has 1 unspecified atom stereocenters. The van der Waals surface area contributed by atoms with Crippen molar-refractivity contribution in [1.82, 2.24) is 25.1 Å². The van der Waals surface area contributed by atoms with Crippen LogP contribution >= 0.6 is 0 Å². The summed E-state index contributed by atoms with van der Waals surface area (Å²) in [4.78, 5) is 45.0. The first-order chi connectivity index (χ1) is 19.9. The van der Waals surface area contributed by atoms with E-state index >= 15 is 0 Å². The summed E-state index contributed by atoms with van der Waals surface area (Å²) in [5.74, 6) is -0.918. The van der Waals surface area contributed by atoms with Crippen LogP contribution in [0.15, 0.2) is 97.5 Å². The average molecular weight is 549 g/mol. The fourth-order valence-electron chi connectivity index (χ4n) is 4.39. The first-order valence-corrected chi connectivity index (χ1v) is 13.3. The van der Waals surface area contributed by atoms with E-state index in [1.54, 1.807) is 36.6 Å². The number of likely N-dealkylation sites (N-methyl/N-ethyl adjacent to an activating group) is 1. The van der Waals surface area contributed by atoms with Crippen LogP contribution in [-0.2, 0) is 40.3 Å². The van der Waals surface area contributed by atoms with Gasteiger partial charge in [-0.1, -0.05) is 72.8 Å². The largest absolute Gasteiger partial charge is 0.353 e. The van der Waals surface area contributed by atoms with Crippen molar-refractivity contribution in [1.29, 1.82) is 5.26 Å². The second-order valence-corrected chi connectivity index (χ2v) is 9.76. The second-order valence-electron chi connectivity index (χ2n) is 9.76. The molecule has 0 saturated heterocycles. The van der Waals surface area contributed by atoms with E-state index in [9.17, 15) is 14.4 Å². The highest BCUT2D eigenvalue weighted by molar-refractivity contribution is 5.89. The summed E-state index contributed by atoms with van der Waals surface area (Å²) in [7, 11) is 1.67. The quantitative estimate of drug-likeness (QED) is 0.282. The molecule has 3 aromatic carbocycles. The molecule has 9 heteroatoms. The fraction of sp³-hybridized carbons (Fsp3) is 0.219. The standard InChI is InChI=1S/C32H32N6O3/c1-37(21-26-10-6-3-7-11-26)32(41)29(20-35-30(39)16-24-8-4-2-5-9-24)36-31(40)17-28-19-34-23-38(28)22-27-14-12-25(18-33)13-15-27/h2-15,19,23,29H,16-17,20-22H2,1H3,(H,35,39)(H,36,40). The molecular weight excluding hydrogens is 516 g/mol. The predicted molar refractivity (Wildman–Crippen MR) is 154 cm³/mol. The maximum Gasteiger partial charge on any atom is 0.247 e. The van der Waals surface area contributed by atoms with Crippen molar-refractivity contribution in [3.05, 3.63) is 125 Å². The number of carbonyl (C=O) groups is 3. The van der Waals surface area contributed by atoms with Gasteiger partial charge in [-0.3, -0.25) is 14.4 Å². The van der Waals surface area contributed by atoms with Crippen LogP contribution in [0.5, 0.6) is 0 Å². The predicted octanol–water partition coefficient (Wildman–Crippen LogP) is 2.85. The number of nitrogens with zero attached hydrogens (tertiary/aromatic N) is 4. The van der Waals surface area contributed by atoms with Gasteiger partial charge in [-0.2, -0.15) is 5.26 Å². The molecule has 0 bridgehead atoms. The Morgan fingerprint density at radius 1 is 0.878 bits per heavy atom. The van der Waals surface area contributed by atoms with E-state index in [4.69, 9.17) is 5.26 Å². The molecule has 41 heavy (non-hydrogen) atoms. The Bertz CT molecular complexity index is 1490. The van der Waals surface area contributed by atoms with Crippen LogP contribution in [0.4, 0.5) is 0 Å². The van der Waals surface area contributed by atoms with E-state index in [-0.39, 0.29) is 37.1 Å². The van der Waals surface area contributed by atoms with E-state index in [0.29, 0.717) is 24.3 Å². The van der Waals surface area contributed by atoms with Crippen molar-refractivity contribution in [3.63, 3.8) is 0 Å². The number of hydrogen-bond donors (Lipinski definition) is 2. The monoisotopic (exact) mass is 548 g/mol. The highest BCUT2D eigenvalue weighted by Gasteiger charge is 2.25. The molecule has 0 aliphatic rings. The number of rotatable bonds is 12. The van der Waals surface area contributed by atoms with Crippen LogP contribution in [0.2, 0.25) is 0 Å². The van der Waals surface area contributed by atoms with Crippen molar-refractivity contribution in [2.24, 2.45) is 0 Å². The number of amides is 3. The third-order valence-electron chi connectivity index (χ3n) is 6.56. The zero-order chi connectivity index (χ0) is 29.0. The molecule has 208 valence electrons. The summed E-state index contributed by atoms with van der Waals surface area (Å²) in [5, 5.41) is 14.7. The topological polar surface area (TPSA) is 120 Å². The molecule has 4 aromatic rings. The van der Waals surface area contributed by atoms with E-state index in [1.807, 2.05) is 77.4 Å². The van der Waals surface area contributed by atoms with E-state index in [0.717, 1.165) is 16.7 Å². The minimum atomic E-state index is -0.953. The Kier molecular flexibility index (Phi) is 9.99. The van der Waals surface area contributed by atoms with Gasteiger partial charge in [0.05, 0.1) is 30.8 Å². The number of nitriles is 1. The Morgan fingerprint density at radius 3 is 2.20 bits per heavy atom. The van der Waals surface area contributed by atoms with Crippen molar-refractivity contribution < 1.29 is 14.4 Å². The lowest BCUT2D eigenvalue weighted by Gasteiger charge is -2.25. The van der Waals surface area contributed by atoms with Crippen molar-refractivity contribution in [2.75, 3.05) is 13.6 Å². The van der Waals surface area contributed by atoms with Crippen molar-refractivity contribution in [2.45, 2.75) is 32.0 Å². The molecule has 2 N–H and O–H groups in total. The molecule has 0 saturated carbocycles. The average Bonchev–Trinajstić information content (AvgIpc) is 3.42. The number of hydrogen-bond acceptors (Lipinski definition) is 5. The molecule has 0 aliphatic carbocycles. The third-order valence-corrected chi connectivity index (χ3v) is 6.56. The van der Waals surface area contributed by atoms with E-state index < -0.39 is 6.04 Å². The number of nitrogens with one attached hydrogen (secondary N) is 2. The normalized spacial score (nSPS) is 11.2. The fourth-order valence-corrected chi connectivity index (χ4v) is 4.39. The Morgan fingerprint density at radius 2 is 1.54 bits per heavy atom. The smallest absolute Gasteiger partial charge is 0.247 e. The summed E-state index contributed by atoms with van der Waals surface area (Å²) in [5.41, 5.74) is 4.01. The molecule has 0 spiro atoms. The van der Waals surface area contributed by atoms with Crippen LogP contribution < -0.4 is 10.6 Å². The maximum atomic E-state index is 13.4. The minimum absolute atomic E-state index is 0.000417. The molecule has 0 fully saturated rings. The molecule has 3 amide bonds. The van der Waals surface area contributed by atoms with Crippen LogP contribution in [0.25, 0.3) is 0 Å². The van der Waals surface area contributed by atoms with Crippen LogP contribution in [-0.4, -0.2) is 51.8 Å². The minimum Gasteiger partial charge on any atom is -0.353 e. The molecule has 0 aliphatic heterocycles. The Labute approximate surface area is 239 Å². The van der Waals surface area contributed by atoms with Gasteiger partial charge in [0.2, 0.25) is 17.7 Å². The van der Waals surface area contributed by atoms with Crippen molar-refractivity contribution in [3.8, 4) is 6.07 Å². The van der Waals surface area contributed by atoms with Gasteiger partial charge in [-0.25, -0.2) is 4.98 Å². The van der Waals surface area contributed by atoms with Gasteiger partial charge in [-0.05, 0) is 28.8 Å². The molecule has 9 nitrogen and oxygen atoms in total. The SMILES string of the molecule is CN(Cc1ccccc1)C(=O)C(CNC(=O)Cc1ccccc1)NC(=O)Cc1cncn1Cc1ccc(C#N)cc1. The summed E-state index contributed by atoms with van der Waals surface area (Å²) >= 11 is 0. The first kappa shape index (κ1) is 28.8. The molecule has 4 rings (SSSR count). The second kappa shape index (κ2) is 14.2. The third kappa shape index (κ3) is 8.63. The lowest BCUT2D eigenvalue weighted by Crippen LogP contribution is -2.53. The van der Waals surface area contributed by atoms with Crippen LogP contribution in [0.1, 0.15) is 27.9 Å². The summed E-state index contributed by atoms with van der Waals surface area (Å²) in [6.07, 6.45) is 3.43. The van der Waals surface area contributed by atoms with Gasteiger partial charge in [0.15, 0.2) is 0 Å². The van der Waals surface area contributed by atoms with Gasteiger partial charge in [0.1, 0.15) is 6.04 Å². The van der Waals surface area contributed by atoms with Gasteiger partial charge in [0, 0.05) is 38.6 Å². The maximum absolute atomic E-state index is 13.4. The van der Waals surface area contributed by atoms with Gasteiger partial charge in [0.25, 0.3) is 0 Å². The number of aromatic nitrogens is 2. The zero-order valence-electron chi connectivity index (χ0n) is 22.9.